The second-order valence-electron chi connectivity index (χ2n) is 6.71. The van der Waals surface area contributed by atoms with Crippen LogP contribution in [-0.4, -0.2) is 9.97 Å². The molecule has 1 N–H and O–H groups in total. The first kappa shape index (κ1) is 9.26. The van der Waals surface area contributed by atoms with Crippen LogP contribution < -0.4 is 0 Å². The Bertz CT molecular complexity index is 381. The van der Waals surface area contributed by atoms with E-state index in [1.54, 1.807) is 0 Å². The summed E-state index contributed by atoms with van der Waals surface area (Å²) in [7, 11) is 0. The molecule has 4 aliphatic carbocycles. The smallest absolute Gasteiger partial charge is 0.109 e. The van der Waals surface area contributed by atoms with Crippen molar-refractivity contribution in [3.8, 4) is 0 Å². The van der Waals surface area contributed by atoms with E-state index in [-0.39, 0.29) is 0 Å². The summed E-state index contributed by atoms with van der Waals surface area (Å²) < 4.78 is 0. The number of H-pyrrole nitrogens is 1. The van der Waals surface area contributed by atoms with Gasteiger partial charge in [0.15, 0.2) is 0 Å². The summed E-state index contributed by atoms with van der Waals surface area (Å²) in [5, 5.41) is 0. The molecule has 5 rings (SSSR count). The average Bonchev–Trinajstić information content (AvgIpc) is 2.67. The van der Waals surface area contributed by atoms with Gasteiger partial charge in [0.1, 0.15) is 5.82 Å². The summed E-state index contributed by atoms with van der Waals surface area (Å²) >= 11 is 0. The molecule has 16 heavy (non-hydrogen) atoms. The van der Waals surface area contributed by atoms with Gasteiger partial charge in [-0.25, -0.2) is 4.98 Å². The lowest BCUT2D eigenvalue weighted by atomic mass is 9.45. The molecule has 2 nitrogen and oxygen atoms in total. The lowest BCUT2D eigenvalue weighted by Gasteiger charge is -2.59. The highest BCUT2D eigenvalue weighted by Crippen LogP contribution is 2.65. The first-order chi connectivity index (χ1) is 7.74. The molecule has 4 saturated carbocycles. The topological polar surface area (TPSA) is 28.7 Å². The molecule has 0 amide bonds. The summed E-state index contributed by atoms with van der Waals surface area (Å²) in [6, 6.07) is 0. The van der Waals surface area contributed by atoms with E-state index in [9.17, 15) is 0 Å². The van der Waals surface area contributed by atoms with E-state index in [2.05, 4.69) is 16.9 Å². The fourth-order valence-corrected chi connectivity index (χ4v) is 5.45. The second kappa shape index (κ2) is 2.91. The molecular formula is C14H20N2. The molecule has 0 spiro atoms. The van der Waals surface area contributed by atoms with Gasteiger partial charge in [0.05, 0.1) is 0 Å². The van der Waals surface area contributed by atoms with Crippen molar-refractivity contribution in [1.29, 1.82) is 0 Å². The summed E-state index contributed by atoms with van der Waals surface area (Å²) in [5.74, 6) is 4.98. The Morgan fingerprint density at radius 3 is 2.56 bits per heavy atom. The SMILES string of the molecule is CC12CC3CC(CC(C3)C1c1ncc[nH]1)C2. The van der Waals surface area contributed by atoms with Gasteiger partial charge < -0.3 is 4.98 Å². The number of imidazole rings is 1. The Balaban J connectivity index is 1.77. The molecule has 0 radical (unpaired) electrons. The van der Waals surface area contributed by atoms with E-state index < -0.39 is 0 Å². The molecule has 0 aromatic carbocycles. The largest absolute Gasteiger partial charge is 0.348 e. The lowest BCUT2D eigenvalue weighted by Crippen LogP contribution is -2.50. The molecule has 1 heterocycles. The Labute approximate surface area is 96.9 Å². The zero-order valence-electron chi connectivity index (χ0n) is 9.95. The number of hydrogen-bond acceptors (Lipinski definition) is 1. The molecule has 3 atom stereocenters. The minimum Gasteiger partial charge on any atom is -0.348 e. The van der Waals surface area contributed by atoms with E-state index in [0.29, 0.717) is 5.41 Å². The van der Waals surface area contributed by atoms with Crippen LogP contribution in [0.3, 0.4) is 0 Å². The van der Waals surface area contributed by atoms with Crippen LogP contribution in [0.15, 0.2) is 12.4 Å². The monoisotopic (exact) mass is 216 g/mol. The van der Waals surface area contributed by atoms with Gasteiger partial charge in [-0.1, -0.05) is 6.92 Å². The third kappa shape index (κ3) is 1.11. The van der Waals surface area contributed by atoms with E-state index in [1.807, 2.05) is 12.4 Å². The normalized spacial score (nSPS) is 49.8. The zero-order valence-corrected chi connectivity index (χ0v) is 9.95. The van der Waals surface area contributed by atoms with Crippen LogP contribution in [0.5, 0.6) is 0 Å². The van der Waals surface area contributed by atoms with Crippen molar-refractivity contribution in [2.45, 2.75) is 44.9 Å². The van der Waals surface area contributed by atoms with Crippen LogP contribution in [0, 0.1) is 23.2 Å². The maximum Gasteiger partial charge on any atom is 0.109 e. The molecule has 4 fully saturated rings. The van der Waals surface area contributed by atoms with Crippen molar-refractivity contribution in [1.82, 2.24) is 9.97 Å². The fraction of sp³-hybridized carbons (Fsp3) is 0.786. The molecule has 4 bridgehead atoms. The van der Waals surface area contributed by atoms with E-state index >= 15 is 0 Å². The molecule has 3 unspecified atom stereocenters. The standard InChI is InChI=1S/C14H20N2/c1-14-7-9-4-10(8-14)6-11(5-9)12(14)13-15-2-3-16-13/h2-3,9-12H,4-8H2,1H3,(H,15,16). The van der Waals surface area contributed by atoms with Crippen molar-refractivity contribution in [3.05, 3.63) is 18.2 Å². The minimum atomic E-state index is 0.548. The van der Waals surface area contributed by atoms with E-state index in [0.717, 1.165) is 23.7 Å². The minimum absolute atomic E-state index is 0.548. The molecule has 1 aromatic rings. The Morgan fingerprint density at radius 1 is 1.25 bits per heavy atom. The number of aromatic nitrogens is 2. The van der Waals surface area contributed by atoms with Gasteiger partial charge in [0, 0.05) is 18.3 Å². The van der Waals surface area contributed by atoms with Gasteiger partial charge in [-0.3, -0.25) is 0 Å². The molecular weight excluding hydrogens is 196 g/mol. The molecule has 1 aromatic heterocycles. The predicted octanol–water partition coefficient (Wildman–Crippen LogP) is 3.34. The van der Waals surface area contributed by atoms with Gasteiger partial charge in [-0.2, -0.15) is 0 Å². The average molecular weight is 216 g/mol. The van der Waals surface area contributed by atoms with Gasteiger partial charge >= 0.3 is 0 Å². The van der Waals surface area contributed by atoms with Crippen LogP contribution in [0.25, 0.3) is 0 Å². The van der Waals surface area contributed by atoms with Crippen molar-refractivity contribution < 1.29 is 0 Å². The number of hydrogen-bond donors (Lipinski definition) is 1. The van der Waals surface area contributed by atoms with Gasteiger partial charge in [0.25, 0.3) is 0 Å². The molecule has 0 aliphatic heterocycles. The van der Waals surface area contributed by atoms with E-state index in [1.165, 1.54) is 37.9 Å². The molecule has 86 valence electrons. The van der Waals surface area contributed by atoms with Crippen LogP contribution in [-0.2, 0) is 0 Å². The summed E-state index contributed by atoms with van der Waals surface area (Å²) in [4.78, 5) is 7.93. The van der Waals surface area contributed by atoms with Gasteiger partial charge in [-0.05, 0) is 55.3 Å². The van der Waals surface area contributed by atoms with Gasteiger partial charge in [0.2, 0.25) is 0 Å². The van der Waals surface area contributed by atoms with Crippen molar-refractivity contribution in [2.75, 3.05) is 0 Å². The Kier molecular flexibility index (Phi) is 1.68. The zero-order chi connectivity index (χ0) is 10.8. The molecule has 4 aliphatic rings. The van der Waals surface area contributed by atoms with Crippen molar-refractivity contribution >= 4 is 0 Å². The number of nitrogens with zero attached hydrogens (tertiary/aromatic N) is 1. The third-order valence-electron chi connectivity index (χ3n) is 5.49. The van der Waals surface area contributed by atoms with Crippen LogP contribution in [0.4, 0.5) is 0 Å². The first-order valence-electron chi connectivity index (χ1n) is 6.74. The predicted molar refractivity (Wildman–Crippen MR) is 63.0 cm³/mol. The molecule has 0 saturated heterocycles. The lowest BCUT2D eigenvalue weighted by molar-refractivity contribution is -0.0669. The summed E-state index contributed by atoms with van der Waals surface area (Å²) in [6.07, 6.45) is 11.3. The maximum atomic E-state index is 4.55. The second-order valence-corrected chi connectivity index (χ2v) is 6.71. The van der Waals surface area contributed by atoms with E-state index in [4.69, 9.17) is 0 Å². The maximum absolute atomic E-state index is 4.55. The van der Waals surface area contributed by atoms with Crippen LogP contribution >= 0.6 is 0 Å². The highest BCUT2D eigenvalue weighted by atomic mass is 14.9. The Morgan fingerprint density at radius 2 is 2.00 bits per heavy atom. The summed E-state index contributed by atoms with van der Waals surface area (Å²) in [6.45, 7) is 2.52. The fourth-order valence-electron chi connectivity index (χ4n) is 5.45. The highest BCUT2D eigenvalue weighted by Gasteiger charge is 2.55. The van der Waals surface area contributed by atoms with Crippen LogP contribution in [0.1, 0.15) is 50.8 Å². The summed E-state index contributed by atoms with van der Waals surface area (Å²) in [5.41, 5.74) is 0.548. The highest BCUT2D eigenvalue weighted by molar-refractivity contribution is 5.15. The quantitative estimate of drug-likeness (QED) is 0.766. The van der Waals surface area contributed by atoms with Gasteiger partial charge in [-0.15, -0.1) is 0 Å². The number of aromatic amines is 1. The third-order valence-corrected chi connectivity index (χ3v) is 5.49. The van der Waals surface area contributed by atoms with Crippen molar-refractivity contribution in [2.24, 2.45) is 23.2 Å². The molecule has 2 heteroatoms. The van der Waals surface area contributed by atoms with Crippen molar-refractivity contribution in [3.63, 3.8) is 0 Å². The first-order valence-corrected chi connectivity index (χ1v) is 6.74. The Hall–Kier alpha value is -0.790. The number of rotatable bonds is 1. The van der Waals surface area contributed by atoms with Crippen LogP contribution in [0.2, 0.25) is 0 Å². The number of nitrogens with one attached hydrogen (secondary N) is 1.